The van der Waals surface area contributed by atoms with Crippen LogP contribution in [0.15, 0.2) is 60.7 Å². The van der Waals surface area contributed by atoms with Crippen LogP contribution in [0.3, 0.4) is 0 Å². The third-order valence-corrected chi connectivity index (χ3v) is 13.7. The van der Waals surface area contributed by atoms with Crippen LogP contribution in [-0.2, 0) is 24.5 Å². The third-order valence-electron chi connectivity index (χ3n) is 13.7. The lowest BCUT2D eigenvalue weighted by atomic mass is 9.87. The highest BCUT2D eigenvalue weighted by Crippen LogP contribution is 2.48. The highest BCUT2D eigenvalue weighted by atomic mass is 16.5. The van der Waals surface area contributed by atoms with Crippen molar-refractivity contribution in [3.63, 3.8) is 0 Å². The van der Waals surface area contributed by atoms with E-state index in [1.54, 1.807) is 0 Å². The molecule has 0 saturated carbocycles. The second-order valence-electron chi connectivity index (χ2n) is 19.7. The maximum atomic E-state index is 13.9. The van der Waals surface area contributed by atoms with Gasteiger partial charge in [0.15, 0.2) is 0 Å². The Morgan fingerprint density at radius 1 is 0.631 bits per heavy atom. The average molecular weight is 888 g/mol. The molecular formula is C50H65N9O6. The molecule has 2 aromatic heterocycles. The number of alkyl carbamates (subject to hydrolysis) is 2. The van der Waals surface area contributed by atoms with Gasteiger partial charge in [-0.25, -0.2) is 19.6 Å². The molecule has 3 saturated heterocycles. The standard InChI is InChI=1S/C50H65N9O6/c1-28(2)42(55-48(62)64-8)46(60)57-24-10-12-40(57)44-51-34-20-14-30(26-36(34)53-44)38-22-23-39(59(38)33-18-16-32(17-19-33)50(5,6)7)31-15-21-35-37(27-31)54-45(52-35)41-13-11-25-58(41)47(61)43(29(3)4)56-49(63)65-9/h14-21,26-29,38-43H,10-13,22-25H2,1-9H3,(H,51,53)(H,52,54)(H,55,62)(H,56,63)/t38?,39?,40-,41-,42-,43?/m0/s1. The quantitative estimate of drug-likeness (QED) is 0.101. The summed E-state index contributed by atoms with van der Waals surface area (Å²) in [6.45, 7) is 15.5. The van der Waals surface area contributed by atoms with Gasteiger partial charge in [0.05, 0.1) is 60.5 Å². The number of carbonyl (C=O) groups is 4. The van der Waals surface area contributed by atoms with Crippen LogP contribution in [0, 0.1) is 11.8 Å². The fourth-order valence-electron chi connectivity index (χ4n) is 10.2. The van der Waals surface area contributed by atoms with Crippen LogP contribution in [0.1, 0.15) is 139 Å². The first kappa shape index (κ1) is 45.4. The number of aromatic nitrogens is 4. The van der Waals surface area contributed by atoms with Gasteiger partial charge in [0, 0.05) is 18.8 Å². The van der Waals surface area contributed by atoms with Gasteiger partial charge in [-0.05, 0) is 109 Å². The van der Waals surface area contributed by atoms with E-state index in [1.807, 2.05) is 37.5 Å². The average Bonchev–Trinajstić information content (AvgIpc) is 4.14. The number of carbonyl (C=O) groups excluding carboxylic acids is 4. The van der Waals surface area contributed by atoms with E-state index in [-0.39, 0.29) is 53.2 Å². The molecule has 0 aliphatic carbocycles. The molecule has 15 heteroatoms. The molecule has 3 unspecified atom stereocenters. The van der Waals surface area contributed by atoms with Crippen LogP contribution in [0.4, 0.5) is 15.3 Å². The molecule has 5 aromatic rings. The predicted molar refractivity (Wildman–Crippen MR) is 250 cm³/mol. The van der Waals surface area contributed by atoms with Gasteiger partial charge in [-0.3, -0.25) is 9.59 Å². The number of hydrogen-bond acceptors (Lipinski definition) is 9. The summed E-state index contributed by atoms with van der Waals surface area (Å²) in [5.41, 5.74) is 8.26. The number of fused-ring (bicyclic) bond motifs is 2. The minimum atomic E-state index is -0.706. The molecule has 0 bridgehead atoms. The molecule has 3 aliphatic rings. The van der Waals surface area contributed by atoms with Crippen molar-refractivity contribution in [1.82, 2.24) is 40.4 Å². The van der Waals surface area contributed by atoms with Gasteiger partial charge in [0.1, 0.15) is 23.7 Å². The Kier molecular flexibility index (Phi) is 12.9. The summed E-state index contributed by atoms with van der Waals surface area (Å²) in [6, 6.07) is 20.2. The van der Waals surface area contributed by atoms with E-state index in [4.69, 9.17) is 19.4 Å². The topological polar surface area (TPSA) is 178 Å². The van der Waals surface area contributed by atoms with Gasteiger partial charge < -0.3 is 44.8 Å². The Hall–Kier alpha value is -6.12. The number of amides is 4. The molecule has 0 spiro atoms. The fourth-order valence-corrected chi connectivity index (χ4v) is 10.2. The molecule has 346 valence electrons. The number of nitrogens with zero attached hydrogens (tertiary/aromatic N) is 5. The Labute approximate surface area is 381 Å². The van der Waals surface area contributed by atoms with Gasteiger partial charge in [-0.1, -0.05) is 72.7 Å². The van der Waals surface area contributed by atoms with Crippen molar-refractivity contribution in [2.45, 2.75) is 129 Å². The van der Waals surface area contributed by atoms with Crippen molar-refractivity contribution in [3.05, 3.63) is 89.0 Å². The molecule has 3 fully saturated rings. The molecule has 4 N–H and O–H groups in total. The molecule has 5 heterocycles. The smallest absolute Gasteiger partial charge is 0.407 e. The highest BCUT2D eigenvalue weighted by molar-refractivity contribution is 5.87. The number of likely N-dealkylation sites (tertiary alicyclic amines) is 2. The number of aromatic amines is 2. The molecular weight excluding hydrogens is 823 g/mol. The van der Waals surface area contributed by atoms with E-state index >= 15 is 0 Å². The Morgan fingerprint density at radius 3 is 1.45 bits per heavy atom. The van der Waals surface area contributed by atoms with Gasteiger partial charge >= 0.3 is 12.2 Å². The predicted octanol–water partition coefficient (Wildman–Crippen LogP) is 8.91. The van der Waals surface area contributed by atoms with Crippen LogP contribution >= 0.6 is 0 Å². The molecule has 4 amide bonds. The molecule has 15 nitrogen and oxygen atoms in total. The first-order valence-corrected chi connectivity index (χ1v) is 23.2. The number of H-pyrrole nitrogens is 2. The van der Waals surface area contributed by atoms with Crippen LogP contribution in [0.2, 0.25) is 0 Å². The normalized spacial score (nSPS) is 21.1. The number of methoxy groups -OCH3 is 2. The highest BCUT2D eigenvalue weighted by Gasteiger charge is 2.40. The number of benzene rings is 3. The third kappa shape index (κ3) is 9.11. The van der Waals surface area contributed by atoms with E-state index in [1.165, 1.54) is 19.8 Å². The van der Waals surface area contributed by atoms with E-state index in [0.29, 0.717) is 13.1 Å². The maximum Gasteiger partial charge on any atom is 0.407 e. The van der Waals surface area contributed by atoms with Crippen molar-refractivity contribution in [3.8, 4) is 0 Å². The number of nitrogens with one attached hydrogen (secondary N) is 4. The lowest BCUT2D eigenvalue weighted by molar-refractivity contribution is -0.136. The molecule has 6 atom stereocenters. The summed E-state index contributed by atoms with van der Waals surface area (Å²) in [7, 11) is 2.60. The minimum absolute atomic E-state index is 0.00781. The molecule has 8 rings (SSSR count). The van der Waals surface area contributed by atoms with Crippen LogP contribution in [-0.4, -0.2) is 93.1 Å². The Bertz CT molecular complexity index is 2390. The lowest BCUT2D eigenvalue weighted by Crippen LogP contribution is -2.51. The van der Waals surface area contributed by atoms with Gasteiger partial charge in [0.2, 0.25) is 11.8 Å². The Balaban J connectivity index is 1.09. The van der Waals surface area contributed by atoms with Gasteiger partial charge in [0.25, 0.3) is 0 Å². The van der Waals surface area contributed by atoms with Crippen molar-refractivity contribution in [1.29, 1.82) is 0 Å². The van der Waals surface area contributed by atoms with Crippen molar-refractivity contribution < 1.29 is 28.7 Å². The van der Waals surface area contributed by atoms with E-state index in [9.17, 15) is 19.2 Å². The van der Waals surface area contributed by atoms with Gasteiger partial charge in [-0.15, -0.1) is 0 Å². The molecule has 0 radical (unpaired) electrons. The number of imidazole rings is 2. The zero-order valence-corrected chi connectivity index (χ0v) is 39.2. The van der Waals surface area contributed by atoms with Gasteiger partial charge in [-0.2, -0.15) is 0 Å². The number of rotatable bonds is 11. The zero-order valence-electron chi connectivity index (χ0n) is 39.2. The molecule has 65 heavy (non-hydrogen) atoms. The van der Waals surface area contributed by atoms with Crippen molar-refractivity contribution >= 4 is 51.8 Å². The SMILES string of the molecule is COC(=O)NC(C(=O)N1CCC[C@H]1c1nc2cc(C3CCC(c4ccc5[nH]c([C@@H]6CCCN6C(=O)[C@@H](NC(=O)OC)C(C)C)nc5c4)N3c3ccc(C(C)(C)C)cc3)ccc2[nH]1)C(C)C. The fraction of sp³-hybridized carbons (Fsp3) is 0.520. The van der Waals surface area contributed by atoms with Crippen LogP contribution in [0.5, 0.6) is 0 Å². The molecule has 3 aromatic carbocycles. The Morgan fingerprint density at radius 2 is 1.06 bits per heavy atom. The molecule has 3 aliphatic heterocycles. The maximum absolute atomic E-state index is 13.9. The summed E-state index contributed by atoms with van der Waals surface area (Å²) >= 11 is 0. The summed E-state index contributed by atoms with van der Waals surface area (Å²) in [6.07, 6.45) is 3.82. The largest absolute Gasteiger partial charge is 0.453 e. The first-order valence-electron chi connectivity index (χ1n) is 23.2. The van der Waals surface area contributed by atoms with Crippen molar-refractivity contribution in [2.24, 2.45) is 11.8 Å². The number of anilines is 1. The van der Waals surface area contributed by atoms with Crippen molar-refractivity contribution in [2.75, 3.05) is 32.2 Å². The number of ether oxygens (including phenoxy) is 2. The summed E-state index contributed by atoms with van der Waals surface area (Å²) in [5, 5.41) is 5.49. The van der Waals surface area contributed by atoms with Crippen LogP contribution < -0.4 is 15.5 Å². The minimum Gasteiger partial charge on any atom is -0.453 e. The summed E-state index contributed by atoms with van der Waals surface area (Å²) in [5.74, 6) is 0.982. The monoisotopic (exact) mass is 888 g/mol. The van der Waals surface area contributed by atoms with E-state index in [2.05, 4.69) is 107 Å². The second-order valence-corrected chi connectivity index (χ2v) is 19.7. The summed E-state index contributed by atoms with van der Waals surface area (Å²) < 4.78 is 9.66. The summed E-state index contributed by atoms with van der Waals surface area (Å²) in [4.78, 5) is 75.7. The number of hydrogen-bond donors (Lipinski definition) is 4. The zero-order chi connectivity index (χ0) is 46.3. The lowest BCUT2D eigenvalue weighted by Gasteiger charge is -2.34. The van der Waals surface area contributed by atoms with E-state index in [0.717, 1.165) is 89.1 Å². The second kappa shape index (κ2) is 18.4. The van der Waals surface area contributed by atoms with Crippen LogP contribution in [0.25, 0.3) is 22.1 Å². The van der Waals surface area contributed by atoms with E-state index < -0.39 is 24.3 Å². The first-order chi connectivity index (χ1) is 31.1.